The van der Waals surface area contributed by atoms with Crippen LogP contribution in [0, 0.1) is 11.3 Å². The summed E-state index contributed by atoms with van der Waals surface area (Å²) in [7, 11) is 0. The fourth-order valence-corrected chi connectivity index (χ4v) is 3.23. The van der Waals surface area contributed by atoms with E-state index in [0.29, 0.717) is 11.5 Å². The first-order valence-corrected chi connectivity index (χ1v) is 7.55. The Bertz CT molecular complexity index is 646. The number of aliphatic hydroxyl groups is 1. The van der Waals surface area contributed by atoms with Crippen molar-refractivity contribution in [2.24, 2.45) is 0 Å². The number of benzene rings is 2. The number of nitriles is 1. The summed E-state index contributed by atoms with van der Waals surface area (Å²) in [6, 6.07) is 18.5. The number of hydrogen-bond donors (Lipinski definition) is 1. The van der Waals surface area contributed by atoms with E-state index in [1.165, 1.54) is 11.1 Å². The molecule has 0 aliphatic heterocycles. The van der Waals surface area contributed by atoms with Gasteiger partial charge in [-0.1, -0.05) is 36.4 Å². The number of aliphatic hydroxyl groups excluding tert-OH is 1. The van der Waals surface area contributed by atoms with E-state index in [1.54, 1.807) is 0 Å². The Balaban J connectivity index is 1.93. The van der Waals surface area contributed by atoms with Crippen LogP contribution in [0.4, 0.5) is 0 Å². The molecule has 1 aliphatic carbocycles. The summed E-state index contributed by atoms with van der Waals surface area (Å²) >= 11 is 0. The van der Waals surface area contributed by atoms with Crippen molar-refractivity contribution in [3.8, 4) is 17.2 Å². The Morgan fingerprint density at radius 1 is 0.905 bits per heavy atom. The van der Waals surface area contributed by atoms with Crippen LogP contribution in [-0.4, -0.2) is 11.2 Å². The standard InChI is InChI=1S/C19H19NO/c20-13-14-5-7-15(8-6-14)18-3-1-2-4-19(18)16-9-11-17(21)12-10-16/h1-8,16-17,21H,9-12H2/t16-,17-. The van der Waals surface area contributed by atoms with Crippen LogP contribution in [0.15, 0.2) is 48.5 Å². The third kappa shape index (κ3) is 2.99. The van der Waals surface area contributed by atoms with Gasteiger partial charge in [-0.25, -0.2) is 0 Å². The zero-order chi connectivity index (χ0) is 14.7. The summed E-state index contributed by atoms with van der Waals surface area (Å²) in [6.07, 6.45) is 3.77. The van der Waals surface area contributed by atoms with E-state index in [1.807, 2.05) is 24.3 Å². The van der Waals surface area contributed by atoms with E-state index in [-0.39, 0.29) is 6.10 Å². The SMILES string of the molecule is N#Cc1ccc(-c2ccccc2[C@H]2CC[C@H](O)CC2)cc1. The molecule has 0 aromatic heterocycles. The Labute approximate surface area is 125 Å². The van der Waals surface area contributed by atoms with Gasteiger partial charge in [-0.2, -0.15) is 5.26 Å². The monoisotopic (exact) mass is 277 g/mol. The predicted molar refractivity (Wildman–Crippen MR) is 83.8 cm³/mol. The topological polar surface area (TPSA) is 44.0 Å². The minimum atomic E-state index is -0.122. The zero-order valence-corrected chi connectivity index (χ0v) is 12.0. The molecule has 2 heteroatoms. The lowest BCUT2D eigenvalue weighted by atomic mass is 9.80. The van der Waals surface area contributed by atoms with Crippen molar-refractivity contribution in [3.63, 3.8) is 0 Å². The highest BCUT2D eigenvalue weighted by Gasteiger charge is 2.22. The Morgan fingerprint density at radius 2 is 1.57 bits per heavy atom. The molecule has 0 saturated heterocycles. The van der Waals surface area contributed by atoms with Crippen LogP contribution < -0.4 is 0 Å². The summed E-state index contributed by atoms with van der Waals surface area (Å²) in [5.41, 5.74) is 4.48. The largest absolute Gasteiger partial charge is 0.393 e. The molecule has 0 unspecified atom stereocenters. The van der Waals surface area contributed by atoms with Gasteiger partial charge in [0.2, 0.25) is 0 Å². The van der Waals surface area contributed by atoms with Crippen molar-refractivity contribution in [3.05, 3.63) is 59.7 Å². The van der Waals surface area contributed by atoms with E-state index < -0.39 is 0 Å². The van der Waals surface area contributed by atoms with E-state index in [9.17, 15) is 5.11 Å². The molecule has 1 N–H and O–H groups in total. The lowest BCUT2D eigenvalue weighted by molar-refractivity contribution is 0.122. The molecule has 21 heavy (non-hydrogen) atoms. The van der Waals surface area contributed by atoms with Gasteiger partial charge in [-0.3, -0.25) is 0 Å². The van der Waals surface area contributed by atoms with E-state index in [0.717, 1.165) is 31.2 Å². The van der Waals surface area contributed by atoms with Crippen LogP contribution in [0.5, 0.6) is 0 Å². The maximum absolute atomic E-state index is 9.69. The van der Waals surface area contributed by atoms with E-state index >= 15 is 0 Å². The molecule has 0 radical (unpaired) electrons. The number of rotatable bonds is 2. The molecule has 0 bridgehead atoms. The van der Waals surface area contributed by atoms with Crippen molar-refractivity contribution < 1.29 is 5.11 Å². The van der Waals surface area contributed by atoms with E-state index in [4.69, 9.17) is 5.26 Å². The number of nitrogens with zero attached hydrogens (tertiary/aromatic N) is 1. The first kappa shape index (κ1) is 13.9. The smallest absolute Gasteiger partial charge is 0.0991 e. The summed E-state index contributed by atoms with van der Waals surface area (Å²) in [6.45, 7) is 0. The summed E-state index contributed by atoms with van der Waals surface area (Å²) in [5.74, 6) is 0.528. The second-order valence-corrected chi connectivity index (χ2v) is 5.78. The van der Waals surface area contributed by atoms with Crippen molar-refractivity contribution in [1.29, 1.82) is 5.26 Å². The van der Waals surface area contributed by atoms with Crippen LogP contribution in [0.3, 0.4) is 0 Å². The van der Waals surface area contributed by atoms with Gasteiger partial charge >= 0.3 is 0 Å². The van der Waals surface area contributed by atoms with Gasteiger partial charge in [0.05, 0.1) is 17.7 Å². The lowest BCUT2D eigenvalue weighted by Crippen LogP contribution is -2.17. The molecule has 2 aromatic carbocycles. The molecular formula is C19H19NO. The van der Waals surface area contributed by atoms with Crippen molar-refractivity contribution in [2.75, 3.05) is 0 Å². The molecule has 1 fully saturated rings. The second kappa shape index (κ2) is 6.11. The summed E-state index contributed by atoms with van der Waals surface area (Å²) in [5, 5.41) is 18.6. The Morgan fingerprint density at radius 3 is 2.24 bits per heavy atom. The summed E-state index contributed by atoms with van der Waals surface area (Å²) < 4.78 is 0. The molecular weight excluding hydrogens is 258 g/mol. The quantitative estimate of drug-likeness (QED) is 0.892. The lowest BCUT2D eigenvalue weighted by Gasteiger charge is -2.27. The van der Waals surface area contributed by atoms with Gasteiger partial charge in [0, 0.05) is 0 Å². The molecule has 2 aromatic rings. The van der Waals surface area contributed by atoms with E-state index in [2.05, 4.69) is 30.3 Å². The highest BCUT2D eigenvalue weighted by Crippen LogP contribution is 2.38. The third-order valence-corrected chi connectivity index (χ3v) is 4.42. The van der Waals surface area contributed by atoms with Gasteiger partial charge in [-0.05, 0) is 60.4 Å². The molecule has 3 rings (SSSR count). The van der Waals surface area contributed by atoms with Gasteiger partial charge in [0.25, 0.3) is 0 Å². The Hall–Kier alpha value is -2.11. The van der Waals surface area contributed by atoms with Crippen LogP contribution >= 0.6 is 0 Å². The fraction of sp³-hybridized carbons (Fsp3) is 0.316. The molecule has 1 saturated carbocycles. The van der Waals surface area contributed by atoms with Crippen LogP contribution in [0.2, 0.25) is 0 Å². The maximum Gasteiger partial charge on any atom is 0.0991 e. The number of hydrogen-bond acceptors (Lipinski definition) is 2. The first-order valence-electron chi connectivity index (χ1n) is 7.55. The first-order chi connectivity index (χ1) is 10.3. The summed E-state index contributed by atoms with van der Waals surface area (Å²) in [4.78, 5) is 0. The second-order valence-electron chi connectivity index (χ2n) is 5.78. The van der Waals surface area contributed by atoms with Gasteiger partial charge in [0.15, 0.2) is 0 Å². The van der Waals surface area contributed by atoms with Crippen LogP contribution in [-0.2, 0) is 0 Å². The predicted octanol–water partition coefficient (Wildman–Crippen LogP) is 4.24. The van der Waals surface area contributed by atoms with Crippen molar-refractivity contribution in [2.45, 2.75) is 37.7 Å². The Kier molecular flexibility index (Phi) is 4.03. The molecule has 1 aliphatic rings. The van der Waals surface area contributed by atoms with Crippen LogP contribution in [0.1, 0.15) is 42.7 Å². The average Bonchev–Trinajstić information content (AvgIpc) is 2.56. The molecule has 106 valence electrons. The minimum Gasteiger partial charge on any atom is -0.393 e. The molecule has 0 spiro atoms. The fourth-order valence-electron chi connectivity index (χ4n) is 3.23. The molecule has 0 amide bonds. The van der Waals surface area contributed by atoms with Crippen molar-refractivity contribution in [1.82, 2.24) is 0 Å². The van der Waals surface area contributed by atoms with Crippen LogP contribution in [0.25, 0.3) is 11.1 Å². The minimum absolute atomic E-state index is 0.122. The highest BCUT2D eigenvalue weighted by molar-refractivity contribution is 5.68. The van der Waals surface area contributed by atoms with Gasteiger partial charge < -0.3 is 5.11 Å². The molecule has 0 atom stereocenters. The highest BCUT2D eigenvalue weighted by atomic mass is 16.3. The zero-order valence-electron chi connectivity index (χ0n) is 12.0. The van der Waals surface area contributed by atoms with Gasteiger partial charge in [-0.15, -0.1) is 0 Å². The molecule has 2 nitrogen and oxygen atoms in total. The van der Waals surface area contributed by atoms with Gasteiger partial charge in [0.1, 0.15) is 0 Å². The molecule has 0 heterocycles. The third-order valence-electron chi connectivity index (χ3n) is 4.42. The van der Waals surface area contributed by atoms with Crippen molar-refractivity contribution >= 4 is 0 Å². The maximum atomic E-state index is 9.69. The average molecular weight is 277 g/mol. The normalized spacial score (nSPS) is 21.7.